The van der Waals surface area contributed by atoms with Crippen molar-refractivity contribution in [3.05, 3.63) is 70.3 Å². The first-order valence-electron chi connectivity index (χ1n) is 6.53. The average molecular weight is 292 g/mol. The van der Waals surface area contributed by atoms with Gasteiger partial charge in [-0.1, -0.05) is 30.3 Å². The van der Waals surface area contributed by atoms with Gasteiger partial charge in [-0.25, -0.2) is 0 Å². The van der Waals surface area contributed by atoms with Crippen LogP contribution in [0, 0.1) is 13.8 Å². The van der Waals surface area contributed by atoms with Crippen LogP contribution in [0.3, 0.4) is 0 Å². The zero-order valence-corrected chi connectivity index (χ0v) is 11.7. The standard InChI is InChI=1S/C17H15F3O/c1-11-5-3-4-6-14(11)16(10-21)15-8-7-13(9-12(15)2)17(18,19)20/h3-10,16H,1-2H3. The van der Waals surface area contributed by atoms with E-state index in [2.05, 4.69) is 0 Å². The van der Waals surface area contributed by atoms with E-state index in [1.165, 1.54) is 6.07 Å². The lowest BCUT2D eigenvalue weighted by Crippen LogP contribution is -2.10. The van der Waals surface area contributed by atoms with Crippen LogP contribution < -0.4 is 0 Å². The number of hydrogen-bond donors (Lipinski definition) is 0. The highest BCUT2D eigenvalue weighted by atomic mass is 19.4. The molecule has 0 saturated heterocycles. The Morgan fingerprint density at radius 2 is 1.57 bits per heavy atom. The van der Waals surface area contributed by atoms with Crippen LogP contribution in [0.2, 0.25) is 0 Å². The third kappa shape index (κ3) is 3.15. The molecule has 0 N–H and O–H groups in total. The van der Waals surface area contributed by atoms with Crippen LogP contribution >= 0.6 is 0 Å². The fourth-order valence-corrected chi connectivity index (χ4v) is 2.45. The number of aldehydes is 1. The summed E-state index contributed by atoms with van der Waals surface area (Å²) in [6.07, 6.45) is -3.60. The lowest BCUT2D eigenvalue weighted by molar-refractivity contribution is -0.137. The molecule has 1 nitrogen and oxygen atoms in total. The van der Waals surface area contributed by atoms with Gasteiger partial charge in [-0.3, -0.25) is 0 Å². The predicted molar refractivity (Wildman–Crippen MR) is 75.3 cm³/mol. The number of hydrogen-bond acceptors (Lipinski definition) is 1. The summed E-state index contributed by atoms with van der Waals surface area (Å²) < 4.78 is 38.1. The third-order valence-corrected chi connectivity index (χ3v) is 3.59. The Morgan fingerprint density at radius 3 is 2.10 bits per heavy atom. The van der Waals surface area contributed by atoms with E-state index >= 15 is 0 Å². The van der Waals surface area contributed by atoms with Crippen molar-refractivity contribution in [2.45, 2.75) is 25.9 Å². The highest BCUT2D eigenvalue weighted by molar-refractivity contribution is 5.70. The van der Waals surface area contributed by atoms with Gasteiger partial charge in [0.15, 0.2) is 0 Å². The van der Waals surface area contributed by atoms with Gasteiger partial charge in [-0.05, 0) is 48.2 Å². The Kier molecular flexibility index (Phi) is 4.16. The van der Waals surface area contributed by atoms with E-state index < -0.39 is 17.7 Å². The molecule has 4 heteroatoms. The highest BCUT2D eigenvalue weighted by Gasteiger charge is 2.31. The molecule has 0 aromatic heterocycles. The molecule has 21 heavy (non-hydrogen) atoms. The summed E-state index contributed by atoms with van der Waals surface area (Å²) in [5.41, 5.74) is 2.12. The maximum absolute atomic E-state index is 12.7. The zero-order valence-electron chi connectivity index (χ0n) is 11.7. The lowest BCUT2D eigenvalue weighted by Gasteiger charge is -2.17. The van der Waals surface area contributed by atoms with Crippen molar-refractivity contribution in [3.8, 4) is 0 Å². The maximum atomic E-state index is 12.7. The number of carbonyl (C=O) groups is 1. The smallest absolute Gasteiger partial charge is 0.302 e. The van der Waals surface area contributed by atoms with Crippen molar-refractivity contribution in [3.63, 3.8) is 0 Å². The number of alkyl halides is 3. The zero-order chi connectivity index (χ0) is 15.6. The third-order valence-electron chi connectivity index (χ3n) is 3.59. The van der Waals surface area contributed by atoms with E-state index in [-0.39, 0.29) is 0 Å². The van der Waals surface area contributed by atoms with Crippen molar-refractivity contribution < 1.29 is 18.0 Å². The molecule has 0 fully saturated rings. The molecule has 2 aromatic rings. The van der Waals surface area contributed by atoms with E-state index in [0.717, 1.165) is 29.5 Å². The summed E-state index contributed by atoms with van der Waals surface area (Å²) in [7, 11) is 0. The van der Waals surface area contributed by atoms with E-state index in [4.69, 9.17) is 0 Å². The van der Waals surface area contributed by atoms with Crippen molar-refractivity contribution >= 4 is 6.29 Å². The van der Waals surface area contributed by atoms with Crippen LogP contribution in [-0.4, -0.2) is 6.29 Å². The first kappa shape index (κ1) is 15.3. The summed E-state index contributed by atoms with van der Waals surface area (Å²) in [6, 6.07) is 10.9. The van der Waals surface area contributed by atoms with Crippen LogP contribution in [0.1, 0.15) is 33.7 Å². The molecule has 0 aliphatic carbocycles. The van der Waals surface area contributed by atoms with E-state index in [0.29, 0.717) is 11.1 Å². The number of benzene rings is 2. The fourth-order valence-electron chi connectivity index (χ4n) is 2.45. The molecular weight excluding hydrogens is 277 g/mol. The predicted octanol–water partition coefficient (Wildman–Crippen LogP) is 4.65. The molecular formula is C17H15F3O. The summed E-state index contributed by atoms with van der Waals surface area (Å²) >= 11 is 0. The van der Waals surface area contributed by atoms with Crippen molar-refractivity contribution in [2.24, 2.45) is 0 Å². The van der Waals surface area contributed by atoms with Gasteiger partial charge in [0.25, 0.3) is 0 Å². The molecule has 0 radical (unpaired) electrons. The molecule has 0 amide bonds. The maximum Gasteiger partial charge on any atom is 0.416 e. The average Bonchev–Trinajstić information content (AvgIpc) is 2.42. The van der Waals surface area contributed by atoms with Crippen LogP contribution in [-0.2, 0) is 11.0 Å². The molecule has 2 aromatic carbocycles. The molecule has 0 aliphatic heterocycles. The minimum absolute atomic E-state index is 0.463. The molecule has 1 unspecified atom stereocenters. The Bertz CT molecular complexity index is 659. The van der Waals surface area contributed by atoms with Gasteiger partial charge in [-0.15, -0.1) is 0 Å². The topological polar surface area (TPSA) is 17.1 Å². The molecule has 110 valence electrons. The largest absolute Gasteiger partial charge is 0.416 e. The molecule has 1 atom stereocenters. The summed E-state index contributed by atoms with van der Waals surface area (Å²) in [5.74, 6) is -0.548. The van der Waals surface area contributed by atoms with Crippen molar-refractivity contribution in [1.82, 2.24) is 0 Å². The first-order chi connectivity index (χ1) is 9.84. The van der Waals surface area contributed by atoms with E-state index in [1.807, 2.05) is 31.2 Å². The molecule has 0 heterocycles. The highest BCUT2D eigenvalue weighted by Crippen LogP contribution is 2.33. The van der Waals surface area contributed by atoms with Gasteiger partial charge in [0.2, 0.25) is 0 Å². The Balaban J connectivity index is 2.50. The quantitative estimate of drug-likeness (QED) is 0.752. The van der Waals surface area contributed by atoms with Gasteiger partial charge in [-0.2, -0.15) is 13.2 Å². The lowest BCUT2D eigenvalue weighted by atomic mass is 9.86. The molecule has 0 aliphatic rings. The van der Waals surface area contributed by atoms with Gasteiger partial charge < -0.3 is 4.79 Å². The Hall–Kier alpha value is -2.10. The molecule has 0 saturated carbocycles. The molecule has 0 bridgehead atoms. The fraction of sp³-hybridized carbons (Fsp3) is 0.235. The monoisotopic (exact) mass is 292 g/mol. The minimum atomic E-state index is -4.37. The Labute approximate surface area is 121 Å². The van der Waals surface area contributed by atoms with Crippen LogP contribution in [0.5, 0.6) is 0 Å². The molecule has 0 spiro atoms. The SMILES string of the molecule is Cc1ccccc1C(C=O)c1ccc(C(F)(F)F)cc1C. The second-order valence-corrected chi connectivity index (χ2v) is 5.04. The van der Waals surface area contributed by atoms with E-state index in [1.54, 1.807) is 6.92 Å². The Morgan fingerprint density at radius 1 is 0.952 bits per heavy atom. The number of carbonyl (C=O) groups excluding carboxylic acids is 1. The van der Waals surface area contributed by atoms with E-state index in [9.17, 15) is 18.0 Å². The number of halogens is 3. The second kappa shape index (κ2) is 5.72. The van der Waals surface area contributed by atoms with Gasteiger partial charge in [0.05, 0.1) is 11.5 Å². The van der Waals surface area contributed by atoms with Crippen LogP contribution in [0.4, 0.5) is 13.2 Å². The number of aryl methyl sites for hydroxylation is 2. The summed E-state index contributed by atoms with van der Waals surface area (Å²) in [5, 5.41) is 0. The van der Waals surface area contributed by atoms with Gasteiger partial charge >= 0.3 is 6.18 Å². The first-order valence-corrected chi connectivity index (χ1v) is 6.53. The number of rotatable bonds is 3. The summed E-state index contributed by atoms with van der Waals surface area (Å²) in [4.78, 5) is 11.5. The normalized spacial score (nSPS) is 13.0. The second-order valence-electron chi connectivity index (χ2n) is 5.04. The van der Waals surface area contributed by atoms with Crippen molar-refractivity contribution in [2.75, 3.05) is 0 Å². The van der Waals surface area contributed by atoms with Gasteiger partial charge in [0.1, 0.15) is 6.29 Å². The van der Waals surface area contributed by atoms with Crippen molar-refractivity contribution in [1.29, 1.82) is 0 Å². The summed E-state index contributed by atoms with van der Waals surface area (Å²) in [6.45, 7) is 3.48. The van der Waals surface area contributed by atoms with Gasteiger partial charge in [0, 0.05) is 0 Å². The van der Waals surface area contributed by atoms with Crippen LogP contribution in [0.25, 0.3) is 0 Å². The molecule has 2 rings (SSSR count). The minimum Gasteiger partial charge on any atom is -0.302 e. The van der Waals surface area contributed by atoms with Crippen LogP contribution in [0.15, 0.2) is 42.5 Å².